The van der Waals surface area contributed by atoms with Crippen molar-refractivity contribution >= 4 is 21.6 Å². The summed E-state index contributed by atoms with van der Waals surface area (Å²) < 4.78 is 27.4. The lowest BCUT2D eigenvalue weighted by Gasteiger charge is -2.34. The maximum atomic E-state index is 12.5. The fourth-order valence-corrected chi connectivity index (χ4v) is 4.71. The molecule has 1 aliphatic heterocycles. The number of rotatable bonds is 8. The van der Waals surface area contributed by atoms with E-state index in [0.29, 0.717) is 32.7 Å². The zero-order valence-corrected chi connectivity index (χ0v) is 19.1. The first-order valence-electron chi connectivity index (χ1n) is 10.5. The topological polar surface area (TPSA) is 113 Å². The van der Waals surface area contributed by atoms with Crippen molar-refractivity contribution in [3.05, 3.63) is 69.3 Å². The first-order valence-corrected chi connectivity index (χ1v) is 11.9. The summed E-state index contributed by atoms with van der Waals surface area (Å²) in [5, 5.41) is 10.9. The Labute approximate surface area is 188 Å². The molecule has 0 bridgehead atoms. The largest absolute Gasteiger partial charge is 0.340 e. The van der Waals surface area contributed by atoms with Crippen LogP contribution >= 0.6 is 0 Å². The van der Waals surface area contributed by atoms with Crippen molar-refractivity contribution in [1.82, 2.24) is 14.5 Å². The third kappa shape index (κ3) is 6.12. The number of hydrogen-bond donors (Lipinski definition) is 1. The molecule has 9 nitrogen and oxygen atoms in total. The lowest BCUT2D eigenvalue weighted by Crippen LogP contribution is -2.48. The Kier molecular flexibility index (Phi) is 7.60. The first-order chi connectivity index (χ1) is 15.2. The van der Waals surface area contributed by atoms with Crippen molar-refractivity contribution in [2.45, 2.75) is 31.7 Å². The highest BCUT2D eigenvalue weighted by Crippen LogP contribution is 2.17. The predicted molar refractivity (Wildman–Crippen MR) is 121 cm³/mol. The number of nitrogens with zero attached hydrogens (tertiary/aromatic N) is 3. The lowest BCUT2D eigenvalue weighted by atomic mass is 10.1. The number of carbonyl (C=O) groups is 1. The molecule has 172 valence electrons. The van der Waals surface area contributed by atoms with Crippen LogP contribution in [0.3, 0.4) is 0 Å². The molecule has 0 radical (unpaired) electrons. The number of hydrogen-bond acceptors (Lipinski definition) is 6. The summed E-state index contributed by atoms with van der Waals surface area (Å²) in [6.07, 6.45) is 0.0922. The highest BCUT2D eigenvalue weighted by atomic mass is 32.2. The second-order valence-corrected chi connectivity index (χ2v) is 9.74. The first kappa shape index (κ1) is 23.8. The van der Waals surface area contributed by atoms with Crippen molar-refractivity contribution in [2.24, 2.45) is 0 Å². The Morgan fingerprint density at radius 2 is 1.78 bits per heavy atom. The average Bonchev–Trinajstić information content (AvgIpc) is 2.76. The third-order valence-corrected chi connectivity index (χ3v) is 7.13. The average molecular weight is 461 g/mol. The van der Waals surface area contributed by atoms with Gasteiger partial charge < -0.3 is 4.90 Å². The summed E-state index contributed by atoms with van der Waals surface area (Å²) in [6, 6.07) is 11.5. The minimum atomic E-state index is -3.66. The van der Waals surface area contributed by atoms with Crippen LogP contribution in [0.1, 0.15) is 23.1 Å². The van der Waals surface area contributed by atoms with Gasteiger partial charge in [0.1, 0.15) is 0 Å². The van der Waals surface area contributed by atoms with E-state index in [9.17, 15) is 23.3 Å². The summed E-state index contributed by atoms with van der Waals surface area (Å²) >= 11 is 0. The van der Waals surface area contributed by atoms with E-state index in [1.54, 1.807) is 35.2 Å². The Hall–Kier alpha value is -2.82. The van der Waals surface area contributed by atoms with E-state index in [4.69, 9.17) is 0 Å². The number of carbonyl (C=O) groups excluding carboxylic acids is 1. The fraction of sp³-hybridized carbons (Fsp3) is 0.409. The Balaban J connectivity index is 1.45. The van der Waals surface area contributed by atoms with E-state index >= 15 is 0 Å². The molecule has 0 saturated carbocycles. The highest BCUT2D eigenvalue weighted by Gasteiger charge is 2.22. The maximum absolute atomic E-state index is 12.5. The minimum absolute atomic E-state index is 0.0436. The van der Waals surface area contributed by atoms with Crippen LogP contribution < -0.4 is 4.72 Å². The van der Waals surface area contributed by atoms with Gasteiger partial charge in [0.15, 0.2) is 0 Å². The Morgan fingerprint density at radius 1 is 1.06 bits per heavy atom. The molecule has 0 atom stereocenters. The van der Waals surface area contributed by atoms with Gasteiger partial charge in [0.05, 0.1) is 9.82 Å². The molecule has 1 aliphatic rings. The smallest absolute Gasteiger partial charge is 0.269 e. The number of nitro benzene ring substituents is 1. The maximum Gasteiger partial charge on any atom is 0.269 e. The molecule has 3 rings (SSSR count). The molecule has 10 heteroatoms. The standard InChI is InChI=1S/C22H28N4O5S/c1-17-6-7-21(14-18(17)2)32(30,31)23-9-8-22(27)25-12-10-24(11-13-25)16-19-4-3-5-20(15-19)26(28)29/h3-7,14-15,23H,8-13,16H2,1-2H3. The lowest BCUT2D eigenvalue weighted by molar-refractivity contribution is -0.384. The molecule has 1 amide bonds. The van der Waals surface area contributed by atoms with Gasteiger partial charge in [-0.3, -0.25) is 19.8 Å². The SMILES string of the molecule is Cc1ccc(S(=O)(=O)NCCC(=O)N2CCN(Cc3cccc([N+](=O)[O-])c3)CC2)cc1C. The van der Waals surface area contributed by atoms with Gasteiger partial charge in [-0.05, 0) is 42.7 Å². The molecular formula is C22H28N4O5S. The molecule has 1 saturated heterocycles. The highest BCUT2D eigenvalue weighted by molar-refractivity contribution is 7.89. The Morgan fingerprint density at radius 3 is 2.44 bits per heavy atom. The predicted octanol–water partition coefficient (Wildman–Crippen LogP) is 2.22. The van der Waals surface area contributed by atoms with Gasteiger partial charge in [0.25, 0.3) is 5.69 Å². The number of aryl methyl sites for hydroxylation is 2. The monoisotopic (exact) mass is 460 g/mol. The van der Waals surface area contributed by atoms with Crippen LogP contribution in [0.4, 0.5) is 5.69 Å². The van der Waals surface area contributed by atoms with E-state index < -0.39 is 14.9 Å². The number of nitrogens with one attached hydrogen (secondary N) is 1. The second kappa shape index (κ2) is 10.2. The second-order valence-electron chi connectivity index (χ2n) is 7.98. The number of benzene rings is 2. The van der Waals surface area contributed by atoms with E-state index in [0.717, 1.165) is 16.7 Å². The summed E-state index contributed by atoms with van der Waals surface area (Å²) in [5.41, 5.74) is 2.84. The zero-order valence-electron chi connectivity index (χ0n) is 18.3. The van der Waals surface area contributed by atoms with Crippen LogP contribution in [-0.2, 0) is 21.4 Å². The molecule has 1 heterocycles. The van der Waals surface area contributed by atoms with E-state index in [2.05, 4.69) is 9.62 Å². The summed E-state index contributed by atoms with van der Waals surface area (Å²) in [4.78, 5) is 27.1. The molecule has 0 aromatic heterocycles. The van der Waals surface area contributed by atoms with Crippen LogP contribution in [0.25, 0.3) is 0 Å². The fourth-order valence-electron chi connectivity index (χ4n) is 3.60. The van der Waals surface area contributed by atoms with Crippen LogP contribution in [0.2, 0.25) is 0 Å². The zero-order chi connectivity index (χ0) is 23.3. The van der Waals surface area contributed by atoms with E-state index in [1.165, 1.54) is 6.07 Å². The van der Waals surface area contributed by atoms with Gasteiger partial charge in [0, 0.05) is 57.8 Å². The molecule has 1 fully saturated rings. The van der Waals surface area contributed by atoms with Gasteiger partial charge in [-0.15, -0.1) is 0 Å². The normalized spacial score (nSPS) is 15.0. The molecule has 2 aromatic carbocycles. The molecule has 0 spiro atoms. The van der Waals surface area contributed by atoms with Crippen LogP contribution in [-0.4, -0.2) is 61.8 Å². The van der Waals surface area contributed by atoms with Crippen molar-refractivity contribution in [2.75, 3.05) is 32.7 Å². The van der Waals surface area contributed by atoms with E-state index in [-0.39, 0.29) is 29.5 Å². The minimum Gasteiger partial charge on any atom is -0.340 e. The number of piperazine rings is 1. The van der Waals surface area contributed by atoms with Gasteiger partial charge in [0.2, 0.25) is 15.9 Å². The quantitative estimate of drug-likeness (QED) is 0.477. The summed E-state index contributed by atoms with van der Waals surface area (Å²) in [5.74, 6) is -0.0946. The molecule has 1 N–H and O–H groups in total. The van der Waals surface area contributed by atoms with Crippen LogP contribution in [0.5, 0.6) is 0 Å². The number of nitro groups is 1. The van der Waals surface area contributed by atoms with Crippen LogP contribution in [0, 0.1) is 24.0 Å². The van der Waals surface area contributed by atoms with Crippen molar-refractivity contribution in [3.63, 3.8) is 0 Å². The van der Waals surface area contributed by atoms with Crippen LogP contribution in [0.15, 0.2) is 47.4 Å². The van der Waals surface area contributed by atoms with E-state index in [1.807, 2.05) is 19.9 Å². The van der Waals surface area contributed by atoms with Crippen molar-refractivity contribution < 1.29 is 18.1 Å². The summed E-state index contributed by atoms with van der Waals surface area (Å²) in [6.45, 7) is 6.79. The number of amides is 1. The van der Waals surface area contributed by atoms with Gasteiger partial charge in [-0.2, -0.15) is 0 Å². The molecular weight excluding hydrogens is 432 g/mol. The molecule has 2 aromatic rings. The summed E-state index contributed by atoms with van der Waals surface area (Å²) in [7, 11) is -3.66. The number of non-ortho nitro benzene ring substituents is 1. The molecule has 32 heavy (non-hydrogen) atoms. The van der Waals surface area contributed by atoms with Gasteiger partial charge >= 0.3 is 0 Å². The molecule has 0 aliphatic carbocycles. The van der Waals surface area contributed by atoms with Gasteiger partial charge in [-0.25, -0.2) is 13.1 Å². The van der Waals surface area contributed by atoms with Crippen molar-refractivity contribution in [3.8, 4) is 0 Å². The third-order valence-electron chi connectivity index (χ3n) is 5.67. The van der Waals surface area contributed by atoms with Gasteiger partial charge in [-0.1, -0.05) is 18.2 Å². The number of sulfonamides is 1. The Bertz CT molecular complexity index is 1100. The van der Waals surface area contributed by atoms with Crippen molar-refractivity contribution in [1.29, 1.82) is 0 Å². The molecule has 0 unspecified atom stereocenters.